The molecule has 0 fully saturated rings. The van der Waals surface area contributed by atoms with Crippen LogP contribution in [0, 0.1) is 0 Å². The molecule has 0 spiro atoms. The van der Waals surface area contributed by atoms with E-state index in [1.807, 2.05) is 24.3 Å². The van der Waals surface area contributed by atoms with E-state index in [1.54, 1.807) is 0 Å². The molecule has 43 heavy (non-hydrogen) atoms. The van der Waals surface area contributed by atoms with Crippen LogP contribution in [0.2, 0.25) is 0 Å². The maximum absolute atomic E-state index is 9.32. The van der Waals surface area contributed by atoms with E-state index in [-0.39, 0.29) is 0 Å². The molecule has 1 aliphatic rings. The van der Waals surface area contributed by atoms with Gasteiger partial charge in [0.1, 0.15) is 11.5 Å². The minimum absolute atomic E-state index is 0.517. The van der Waals surface area contributed by atoms with Crippen molar-refractivity contribution >= 4 is 32.3 Å². The third-order valence-corrected chi connectivity index (χ3v) is 8.79. The van der Waals surface area contributed by atoms with Gasteiger partial charge in [-0.25, -0.2) is 0 Å². The average Bonchev–Trinajstić information content (AvgIpc) is 3.08. The van der Waals surface area contributed by atoms with E-state index in [9.17, 15) is 1.37 Å². The van der Waals surface area contributed by atoms with Gasteiger partial charge < -0.3 is 4.74 Å². The van der Waals surface area contributed by atoms with E-state index in [4.69, 9.17) is 4.74 Å². The summed E-state index contributed by atoms with van der Waals surface area (Å²) >= 11 is 0. The molecule has 0 saturated heterocycles. The second-order valence-corrected chi connectivity index (χ2v) is 11.1. The first kappa shape index (κ1) is 23.0. The lowest BCUT2D eigenvalue weighted by Crippen LogP contribution is -1.98. The van der Waals surface area contributed by atoms with Crippen molar-refractivity contribution in [1.29, 1.82) is 0 Å². The van der Waals surface area contributed by atoms with Gasteiger partial charge >= 0.3 is 0 Å². The smallest absolute Gasteiger partial charge is 0.135 e. The molecule has 0 aliphatic carbocycles. The summed E-state index contributed by atoms with van der Waals surface area (Å²) in [5, 5.41) is 6.59. The molecule has 0 unspecified atom stereocenters. The van der Waals surface area contributed by atoms with Gasteiger partial charge in [-0.1, -0.05) is 140 Å². The molecule has 200 valence electrons. The van der Waals surface area contributed by atoms with Gasteiger partial charge in [0.2, 0.25) is 0 Å². The van der Waals surface area contributed by atoms with Gasteiger partial charge in [0.15, 0.2) is 0 Å². The van der Waals surface area contributed by atoms with Crippen molar-refractivity contribution in [3.63, 3.8) is 0 Å². The Morgan fingerprint density at radius 2 is 0.930 bits per heavy atom. The molecule has 1 heteroatoms. The number of para-hydroxylation sites is 1. The van der Waals surface area contributed by atoms with Gasteiger partial charge in [0, 0.05) is 10.9 Å². The van der Waals surface area contributed by atoms with E-state index in [0.717, 1.165) is 60.7 Å². The molecular formula is C42H26O. The van der Waals surface area contributed by atoms with E-state index in [0.29, 0.717) is 6.04 Å². The summed E-state index contributed by atoms with van der Waals surface area (Å²) in [7, 11) is 0. The van der Waals surface area contributed by atoms with E-state index in [2.05, 4.69) is 127 Å². The van der Waals surface area contributed by atoms with E-state index >= 15 is 0 Å². The molecule has 0 bridgehead atoms. The number of hydrogen-bond donors (Lipinski definition) is 0. The summed E-state index contributed by atoms with van der Waals surface area (Å²) in [5.41, 5.74) is 9.16. The first-order valence-electron chi connectivity index (χ1n) is 15.2. The zero-order valence-corrected chi connectivity index (χ0v) is 23.3. The second kappa shape index (κ2) is 9.44. The number of fused-ring (bicyclic) bond motifs is 4. The predicted octanol–water partition coefficient (Wildman–Crippen LogP) is 11.9. The lowest BCUT2D eigenvalue weighted by Gasteiger charge is -2.24. The SMILES string of the molecule is [2H]c1cccc2c(-c3ccccc3-c3ccccc3)c3ccccc3c(-c3ccc4c5c(cccc35)-c3ccccc3O4)c12. The van der Waals surface area contributed by atoms with Crippen LogP contribution >= 0.6 is 0 Å². The third-order valence-electron chi connectivity index (χ3n) is 8.79. The zero-order chi connectivity index (χ0) is 29.2. The predicted molar refractivity (Wildman–Crippen MR) is 181 cm³/mol. The Hall–Kier alpha value is -5.66. The molecule has 0 aromatic heterocycles. The minimum atomic E-state index is 0.517. The Morgan fingerprint density at radius 1 is 0.349 bits per heavy atom. The highest BCUT2D eigenvalue weighted by atomic mass is 16.5. The second-order valence-electron chi connectivity index (χ2n) is 11.1. The summed E-state index contributed by atoms with van der Waals surface area (Å²) in [4.78, 5) is 0. The number of rotatable bonds is 3. The van der Waals surface area contributed by atoms with Crippen LogP contribution < -0.4 is 4.74 Å². The third kappa shape index (κ3) is 3.58. The highest BCUT2D eigenvalue weighted by Gasteiger charge is 2.24. The molecule has 9 rings (SSSR count). The molecule has 1 nitrogen and oxygen atoms in total. The van der Waals surface area contributed by atoms with Crippen LogP contribution in [-0.4, -0.2) is 0 Å². The molecule has 0 radical (unpaired) electrons. The number of hydrogen-bond acceptors (Lipinski definition) is 1. The fraction of sp³-hybridized carbons (Fsp3) is 0. The van der Waals surface area contributed by atoms with Crippen LogP contribution in [0.5, 0.6) is 11.5 Å². The van der Waals surface area contributed by atoms with Crippen LogP contribution in [0.1, 0.15) is 1.37 Å². The molecule has 8 aromatic rings. The molecule has 0 N–H and O–H groups in total. The fourth-order valence-electron chi connectivity index (χ4n) is 6.99. The Morgan fingerprint density at radius 3 is 1.74 bits per heavy atom. The molecule has 0 atom stereocenters. The van der Waals surface area contributed by atoms with Crippen molar-refractivity contribution in [3.05, 3.63) is 158 Å². The Kier molecular flexibility index (Phi) is 5.04. The fourth-order valence-corrected chi connectivity index (χ4v) is 6.99. The highest BCUT2D eigenvalue weighted by Crippen LogP contribution is 2.51. The van der Waals surface area contributed by atoms with Crippen LogP contribution in [-0.2, 0) is 0 Å². The van der Waals surface area contributed by atoms with Gasteiger partial charge in [0.25, 0.3) is 0 Å². The maximum Gasteiger partial charge on any atom is 0.135 e. The molecule has 8 aromatic carbocycles. The van der Waals surface area contributed by atoms with Crippen LogP contribution in [0.25, 0.3) is 76.8 Å². The molecular weight excluding hydrogens is 520 g/mol. The summed E-state index contributed by atoms with van der Waals surface area (Å²) < 4.78 is 15.8. The summed E-state index contributed by atoms with van der Waals surface area (Å²) in [6.45, 7) is 0. The normalized spacial score (nSPS) is 12.2. The van der Waals surface area contributed by atoms with Gasteiger partial charge in [-0.2, -0.15) is 0 Å². The Labute approximate surface area is 251 Å². The lowest BCUT2D eigenvalue weighted by atomic mass is 9.82. The van der Waals surface area contributed by atoms with Crippen LogP contribution in [0.4, 0.5) is 0 Å². The molecule has 0 saturated carbocycles. The van der Waals surface area contributed by atoms with Crippen molar-refractivity contribution in [1.82, 2.24) is 0 Å². The van der Waals surface area contributed by atoms with Gasteiger partial charge in [-0.05, 0) is 84.1 Å². The first-order valence-corrected chi connectivity index (χ1v) is 14.7. The van der Waals surface area contributed by atoms with Gasteiger partial charge in [-0.3, -0.25) is 0 Å². The van der Waals surface area contributed by atoms with Crippen molar-refractivity contribution < 1.29 is 6.11 Å². The average molecular weight is 548 g/mol. The van der Waals surface area contributed by atoms with Gasteiger partial charge in [0.05, 0.1) is 1.37 Å². The topological polar surface area (TPSA) is 9.23 Å². The largest absolute Gasteiger partial charge is 0.456 e. The van der Waals surface area contributed by atoms with E-state index in [1.165, 1.54) is 27.6 Å². The number of benzene rings is 8. The Bertz CT molecular complexity index is 2420. The van der Waals surface area contributed by atoms with Crippen molar-refractivity contribution in [3.8, 4) is 56.0 Å². The highest BCUT2D eigenvalue weighted by molar-refractivity contribution is 6.25. The Balaban J connectivity index is 1.42. The standard InChI is InChI=1S/C42H26O/c1-2-13-27(14-3-1)28-15-4-5-17-30(28)40-32-18-6-8-20-34(32)41(35-21-9-7-19-33(35)40)37-25-26-39-42-31(22-12-23-36(37)42)29-16-10-11-24-38(29)43-39/h1-26H/i20D. The molecule has 1 heterocycles. The molecule has 1 aliphatic heterocycles. The molecule has 0 amide bonds. The summed E-state index contributed by atoms with van der Waals surface area (Å²) in [6.07, 6.45) is 0. The quantitative estimate of drug-likeness (QED) is 0.200. The monoisotopic (exact) mass is 547 g/mol. The van der Waals surface area contributed by atoms with Crippen molar-refractivity contribution in [2.24, 2.45) is 0 Å². The zero-order valence-electron chi connectivity index (χ0n) is 24.3. The minimum Gasteiger partial charge on any atom is -0.456 e. The van der Waals surface area contributed by atoms with Crippen LogP contribution in [0.15, 0.2) is 158 Å². The number of ether oxygens (including phenoxy) is 1. The summed E-state index contributed by atoms with van der Waals surface area (Å²) in [6, 6.07) is 53.6. The van der Waals surface area contributed by atoms with Gasteiger partial charge in [-0.15, -0.1) is 0 Å². The van der Waals surface area contributed by atoms with Crippen molar-refractivity contribution in [2.45, 2.75) is 0 Å². The maximum atomic E-state index is 9.32. The van der Waals surface area contributed by atoms with Crippen molar-refractivity contribution in [2.75, 3.05) is 0 Å². The summed E-state index contributed by atoms with van der Waals surface area (Å²) in [5.74, 6) is 1.75. The first-order chi connectivity index (χ1) is 21.8. The van der Waals surface area contributed by atoms with Crippen LogP contribution in [0.3, 0.4) is 0 Å². The lowest BCUT2D eigenvalue weighted by molar-refractivity contribution is 0.487. The van der Waals surface area contributed by atoms with E-state index < -0.39 is 0 Å².